The maximum atomic E-state index is 10.8. The number of carbonyl (C=O) groups is 1. The largest absolute Gasteiger partial charge is 0.497 e. The number of ether oxygens (including phenoxy) is 1. The van der Waals surface area contributed by atoms with E-state index in [1.54, 1.807) is 14.0 Å². The van der Waals surface area contributed by atoms with Crippen LogP contribution in [0.2, 0.25) is 0 Å². The molecule has 5 nitrogen and oxygen atoms in total. The van der Waals surface area contributed by atoms with Gasteiger partial charge in [0.15, 0.2) is 0 Å². The van der Waals surface area contributed by atoms with Crippen molar-refractivity contribution in [2.45, 2.75) is 13.8 Å². The Kier molecular flexibility index (Phi) is 3.55. The molecule has 0 aliphatic rings. The average Bonchev–Trinajstić information content (AvgIpc) is 2.73. The minimum absolute atomic E-state index is 0.433. The van der Waals surface area contributed by atoms with Gasteiger partial charge in [-0.25, -0.2) is 4.79 Å². The summed E-state index contributed by atoms with van der Waals surface area (Å²) in [5.74, 6) is 0.345. The molecule has 0 N–H and O–H groups in total. The third-order valence-electron chi connectivity index (χ3n) is 2.90. The van der Waals surface area contributed by atoms with Crippen LogP contribution in [0, 0.1) is 0 Å². The molecule has 0 aliphatic carbocycles. The first-order valence-corrected chi connectivity index (χ1v) is 5.88. The van der Waals surface area contributed by atoms with Gasteiger partial charge < -0.3 is 14.1 Å². The molecule has 1 aromatic carbocycles. The lowest BCUT2D eigenvalue weighted by molar-refractivity contribution is -0.140. The maximum absolute atomic E-state index is 10.8. The monoisotopic (exact) mass is 260 g/mol. The van der Waals surface area contributed by atoms with Gasteiger partial charge in [-0.3, -0.25) is 0 Å². The van der Waals surface area contributed by atoms with Crippen molar-refractivity contribution in [3.63, 3.8) is 0 Å². The van der Waals surface area contributed by atoms with Gasteiger partial charge in [0.1, 0.15) is 5.75 Å². The molecule has 0 spiro atoms. The molecule has 2 rings (SSSR count). The fourth-order valence-corrected chi connectivity index (χ4v) is 1.97. The molecule has 0 unspecified atom stereocenters. The number of carbonyl (C=O) groups excluding carboxylic acids is 1. The number of aromatic nitrogens is 1. The summed E-state index contributed by atoms with van der Waals surface area (Å²) in [6, 6.07) is 5.83. The molecular formula is C14H16N2O3. The van der Waals surface area contributed by atoms with Crippen LogP contribution >= 0.6 is 0 Å². The summed E-state index contributed by atoms with van der Waals surface area (Å²) in [5, 5.41) is 4.84. The Labute approximate surface area is 111 Å². The van der Waals surface area contributed by atoms with Gasteiger partial charge in [-0.05, 0) is 25.1 Å². The van der Waals surface area contributed by atoms with Crippen LogP contribution in [0.4, 0.5) is 0 Å². The van der Waals surface area contributed by atoms with E-state index in [4.69, 9.17) is 4.74 Å². The number of hydrogen-bond acceptors (Lipinski definition) is 4. The Morgan fingerprint density at radius 3 is 2.68 bits per heavy atom. The van der Waals surface area contributed by atoms with Crippen molar-refractivity contribution in [1.82, 2.24) is 4.57 Å². The molecule has 19 heavy (non-hydrogen) atoms. The van der Waals surface area contributed by atoms with Gasteiger partial charge in [0, 0.05) is 36.6 Å². The van der Waals surface area contributed by atoms with Crippen LogP contribution in [-0.2, 0) is 16.7 Å². The van der Waals surface area contributed by atoms with Gasteiger partial charge in [0.05, 0.1) is 12.8 Å². The van der Waals surface area contributed by atoms with Crippen molar-refractivity contribution in [1.29, 1.82) is 0 Å². The zero-order chi connectivity index (χ0) is 14.0. The Balaban J connectivity index is 2.53. The summed E-state index contributed by atoms with van der Waals surface area (Å²) < 4.78 is 7.23. The van der Waals surface area contributed by atoms with Crippen molar-refractivity contribution in [2.24, 2.45) is 12.2 Å². The van der Waals surface area contributed by atoms with Crippen molar-refractivity contribution < 1.29 is 14.4 Å². The molecule has 1 heterocycles. The van der Waals surface area contributed by atoms with E-state index >= 15 is 0 Å². The summed E-state index contributed by atoms with van der Waals surface area (Å²) in [7, 11) is 3.58. The van der Waals surface area contributed by atoms with E-state index in [0.29, 0.717) is 5.71 Å². The third kappa shape index (κ3) is 2.59. The van der Waals surface area contributed by atoms with Gasteiger partial charge in [-0.15, -0.1) is 0 Å². The van der Waals surface area contributed by atoms with Crippen molar-refractivity contribution in [3.8, 4) is 5.75 Å². The van der Waals surface area contributed by atoms with Gasteiger partial charge >= 0.3 is 5.97 Å². The quantitative estimate of drug-likeness (QED) is 0.484. The fourth-order valence-electron chi connectivity index (χ4n) is 1.97. The van der Waals surface area contributed by atoms with Crippen LogP contribution in [0.1, 0.15) is 19.4 Å². The predicted octanol–water partition coefficient (Wildman–Crippen LogP) is 2.47. The molecule has 0 amide bonds. The van der Waals surface area contributed by atoms with Gasteiger partial charge in [-0.2, -0.15) is 0 Å². The molecule has 100 valence electrons. The zero-order valence-corrected chi connectivity index (χ0v) is 11.4. The van der Waals surface area contributed by atoms with E-state index in [1.807, 2.05) is 36.0 Å². The van der Waals surface area contributed by atoms with Crippen molar-refractivity contribution in [2.75, 3.05) is 7.11 Å². The highest BCUT2D eigenvalue weighted by molar-refractivity contribution is 6.10. The molecule has 5 heteroatoms. The highest BCUT2D eigenvalue weighted by atomic mass is 16.7. The summed E-state index contributed by atoms with van der Waals surface area (Å²) in [6.45, 7) is 3.13. The van der Waals surface area contributed by atoms with Crippen LogP contribution in [0.3, 0.4) is 0 Å². The number of aryl methyl sites for hydroxylation is 1. The fraction of sp³-hybridized carbons (Fsp3) is 0.286. The first-order chi connectivity index (χ1) is 9.02. The van der Waals surface area contributed by atoms with E-state index in [1.165, 1.54) is 6.92 Å². The van der Waals surface area contributed by atoms with E-state index in [-0.39, 0.29) is 0 Å². The summed E-state index contributed by atoms with van der Waals surface area (Å²) >= 11 is 0. The standard InChI is InChI=1S/C14H16N2O3/c1-9(15-19-10(2)17)13-8-16(3)14-6-5-11(18-4)7-12(13)14/h5-8H,1-4H3/b15-9+. The van der Waals surface area contributed by atoms with Crippen LogP contribution in [0.5, 0.6) is 5.75 Å². The minimum atomic E-state index is -0.433. The number of methoxy groups -OCH3 is 1. The summed E-state index contributed by atoms with van der Waals surface area (Å²) in [5.41, 5.74) is 2.62. The molecule has 0 fully saturated rings. The smallest absolute Gasteiger partial charge is 0.331 e. The maximum Gasteiger partial charge on any atom is 0.331 e. The van der Waals surface area contributed by atoms with Crippen LogP contribution in [-0.4, -0.2) is 23.4 Å². The average molecular weight is 260 g/mol. The van der Waals surface area contributed by atoms with Crippen molar-refractivity contribution in [3.05, 3.63) is 30.0 Å². The summed E-state index contributed by atoms with van der Waals surface area (Å²) in [6.07, 6.45) is 1.95. The third-order valence-corrected chi connectivity index (χ3v) is 2.90. The van der Waals surface area contributed by atoms with Gasteiger partial charge in [0.2, 0.25) is 0 Å². The molecule has 0 saturated heterocycles. The second-order valence-electron chi connectivity index (χ2n) is 4.30. The van der Waals surface area contributed by atoms with E-state index in [0.717, 1.165) is 22.2 Å². The predicted molar refractivity (Wildman–Crippen MR) is 73.4 cm³/mol. The Morgan fingerprint density at radius 1 is 1.32 bits per heavy atom. The number of rotatable bonds is 3. The lowest BCUT2D eigenvalue weighted by Gasteiger charge is -2.02. The van der Waals surface area contributed by atoms with E-state index in [2.05, 4.69) is 9.99 Å². The summed E-state index contributed by atoms with van der Waals surface area (Å²) in [4.78, 5) is 15.5. The first-order valence-electron chi connectivity index (χ1n) is 5.88. The number of hydrogen-bond donors (Lipinski definition) is 0. The Hall–Kier alpha value is -2.30. The van der Waals surface area contributed by atoms with Gasteiger partial charge in [0.25, 0.3) is 0 Å². The highest BCUT2D eigenvalue weighted by Gasteiger charge is 2.11. The van der Waals surface area contributed by atoms with Crippen LogP contribution in [0.25, 0.3) is 10.9 Å². The lowest BCUT2D eigenvalue weighted by atomic mass is 10.1. The molecule has 0 aliphatic heterocycles. The molecule has 2 aromatic rings. The van der Waals surface area contributed by atoms with Crippen molar-refractivity contribution >= 4 is 22.6 Å². The normalized spacial score (nSPS) is 11.7. The molecule has 0 atom stereocenters. The first kappa shape index (κ1) is 13.1. The topological polar surface area (TPSA) is 52.8 Å². The second kappa shape index (κ2) is 5.14. The molecule has 1 aromatic heterocycles. The number of nitrogens with zero attached hydrogens (tertiary/aromatic N) is 2. The van der Waals surface area contributed by atoms with Crippen LogP contribution < -0.4 is 4.74 Å². The zero-order valence-electron chi connectivity index (χ0n) is 11.4. The van der Waals surface area contributed by atoms with E-state index < -0.39 is 5.97 Å². The van der Waals surface area contributed by atoms with Crippen LogP contribution in [0.15, 0.2) is 29.6 Å². The van der Waals surface area contributed by atoms with Gasteiger partial charge in [-0.1, -0.05) is 5.16 Å². The SMILES string of the molecule is COc1ccc2c(c1)c(/C(C)=N/OC(C)=O)cn2C. The second-order valence-corrected chi connectivity index (χ2v) is 4.30. The minimum Gasteiger partial charge on any atom is -0.497 e. The number of oxime groups is 1. The number of benzene rings is 1. The molecule has 0 radical (unpaired) electrons. The van der Waals surface area contributed by atoms with E-state index in [9.17, 15) is 4.79 Å². The number of fused-ring (bicyclic) bond motifs is 1. The highest BCUT2D eigenvalue weighted by Crippen LogP contribution is 2.26. The molecule has 0 bridgehead atoms. The Bertz CT molecular complexity index is 656. The lowest BCUT2D eigenvalue weighted by Crippen LogP contribution is -1.98. The molecule has 0 saturated carbocycles. The Morgan fingerprint density at radius 2 is 2.05 bits per heavy atom. The molecular weight excluding hydrogens is 244 g/mol.